The van der Waals surface area contributed by atoms with Crippen LogP contribution < -0.4 is 19.6 Å². The number of methoxy groups -OCH3 is 1. The summed E-state index contributed by atoms with van der Waals surface area (Å²) in [6.07, 6.45) is 1.52. The van der Waals surface area contributed by atoms with Gasteiger partial charge < -0.3 is 14.2 Å². The monoisotopic (exact) mass is 422 g/mol. The minimum absolute atomic E-state index is 0.283. The first kappa shape index (κ1) is 21.8. The van der Waals surface area contributed by atoms with Crippen LogP contribution in [0.1, 0.15) is 28.4 Å². The smallest absolute Gasteiger partial charge is 0.271 e. The Kier molecular flexibility index (Phi) is 7.59. The van der Waals surface area contributed by atoms with Crippen molar-refractivity contribution >= 4 is 12.1 Å². The van der Waals surface area contributed by atoms with Gasteiger partial charge in [-0.25, -0.2) is 9.82 Å². The number of hydrogen-bond acceptors (Lipinski definition) is 5. The second kappa shape index (κ2) is 10.8. The van der Waals surface area contributed by atoms with E-state index >= 15 is 0 Å². The molecular formula is C24H23FN2O4. The molecule has 3 aromatic carbocycles. The van der Waals surface area contributed by atoms with Gasteiger partial charge in [0, 0.05) is 5.56 Å². The van der Waals surface area contributed by atoms with Crippen LogP contribution in [0.25, 0.3) is 0 Å². The van der Waals surface area contributed by atoms with Crippen molar-refractivity contribution in [2.45, 2.75) is 13.5 Å². The molecule has 0 unspecified atom stereocenters. The summed E-state index contributed by atoms with van der Waals surface area (Å²) in [5.74, 6) is 1.16. The molecule has 7 heteroatoms. The Labute approximate surface area is 180 Å². The van der Waals surface area contributed by atoms with Gasteiger partial charge in [0.15, 0.2) is 11.5 Å². The quantitative estimate of drug-likeness (QED) is 0.405. The molecule has 0 aromatic heterocycles. The first-order chi connectivity index (χ1) is 15.1. The Morgan fingerprint density at radius 3 is 2.42 bits per heavy atom. The van der Waals surface area contributed by atoms with Crippen molar-refractivity contribution in [1.29, 1.82) is 0 Å². The number of nitrogens with one attached hydrogen (secondary N) is 1. The van der Waals surface area contributed by atoms with Gasteiger partial charge >= 0.3 is 0 Å². The third-order valence-electron chi connectivity index (χ3n) is 4.31. The van der Waals surface area contributed by atoms with Crippen LogP contribution in [0.5, 0.6) is 17.2 Å². The molecule has 0 heterocycles. The SMILES string of the molecule is CCOc1cc(/C=N\NC(=O)c2ccc(OC)cc2)ccc1OCc1ccc(F)cc1. The Hall–Kier alpha value is -3.87. The van der Waals surface area contributed by atoms with E-state index in [-0.39, 0.29) is 18.3 Å². The standard InChI is InChI=1S/C24H23FN2O4/c1-3-30-23-14-18(6-13-22(23)31-16-17-4-9-20(25)10-5-17)15-26-27-24(28)19-7-11-21(29-2)12-8-19/h4-15H,3,16H2,1-2H3,(H,27,28)/b26-15-. The molecule has 0 aliphatic carbocycles. The van der Waals surface area contributed by atoms with Crippen LogP contribution in [-0.2, 0) is 6.61 Å². The van der Waals surface area contributed by atoms with Crippen molar-refractivity contribution in [3.8, 4) is 17.2 Å². The molecule has 160 valence electrons. The van der Waals surface area contributed by atoms with E-state index in [9.17, 15) is 9.18 Å². The maximum absolute atomic E-state index is 13.0. The number of hydrazone groups is 1. The molecule has 1 amide bonds. The number of nitrogens with zero attached hydrogens (tertiary/aromatic N) is 1. The Bertz CT molecular complexity index is 1030. The normalized spacial score (nSPS) is 10.7. The number of carbonyl (C=O) groups is 1. The topological polar surface area (TPSA) is 69.2 Å². The van der Waals surface area contributed by atoms with Crippen LogP contribution in [0.3, 0.4) is 0 Å². The summed E-state index contributed by atoms with van der Waals surface area (Å²) in [7, 11) is 1.56. The van der Waals surface area contributed by atoms with Gasteiger partial charge in [0.2, 0.25) is 0 Å². The number of hydrogen-bond donors (Lipinski definition) is 1. The predicted molar refractivity (Wildman–Crippen MR) is 116 cm³/mol. The summed E-state index contributed by atoms with van der Waals surface area (Å²) in [4.78, 5) is 12.2. The van der Waals surface area contributed by atoms with Gasteiger partial charge in [-0.2, -0.15) is 5.10 Å². The van der Waals surface area contributed by atoms with E-state index in [4.69, 9.17) is 14.2 Å². The second-order valence-corrected chi connectivity index (χ2v) is 6.48. The summed E-state index contributed by atoms with van der Waals surface area (Å²) < 4.78 is 29.6. The largest absolute Gasteiger partial charge is 0.497 e. The number of rotatable bonds is 9. The summed E-state index contributed by atoms with van der Waals surface area (Å²) in [6.45, 7) is 2.62. The summed E-state index contributed by atoms with van der Waals surface area (Å²) in [5.41, 5.74) is 4.53. The highest BCUT2D eigenvalue weighted by molar-refractivity contribution is 5.95. The van der Waals surface area contributed by atoms with Crippen LogP contribution in [0.15, 0.2) is 71.8 Å². The fraction of sp³-hybridized carbons (Fsp3) is 0.167. The van der Waals surface area contributed by atoms with Gasteiger partial charge in [-0.05, 0) is 72.6 Å². The molecule has 0 saturated carbocycles. The van der Waals surface area contributed by atoms with Gasteiger partial charge in [-0.3, -0.25) is 4.79 Å². The third kappa shape index (κ3) is 6.30. The Balaban J connectivity index is 1.63. The molecule has 0 spiro atoms. The second-order valence-electron chi connectivity index (χ2n) is 6.48. The Morgan fingerprint density at radius 2 is 1.74 bits per heavy atom. The molecule has 3 aromatic rings. The lowest BCUT2D eigenvalue weighted by Crippen LogP contribution is -2.17. The first-order valence-corrected chi connectivity index (χ1v) is 9.70. The maximum Gasteiger partial charge on any atom is 0.271 e. The summed E-state index contributed by atoms with van der Waals surface area (Å²) in [5, 5.41) is 4.01. The lowest BCUT2D eigenvalue weighted by molar-refractivity contribution is 0.0955. The van der Waals surface area contributed by atoms with Gasteiger partial charge in [-0.1, -0.05) is 12.1 Å². The van der Waals surface area contributed by atoms with Crippen molar-refractivity contribution in [2.24, 2.45) is 5.10 Å². The van der Waals surface area contributed by atoms with Crippen LogP contribution >= 0.6 is 0 Å². The van der Waals surface area contributed by atoms with E-state index in [0.29, 0.717) is 29.4 Å². The molecule has 0 bridgehead atoms. The zero-order valence-corrected chi connectivity index (χ0v) is 17.3. The van der Waals surface area contributed by atoms with E-state index in [1.54, 1.807) is 61.7 Å². The molecule has 0 aliphatic rings. The highest BCUT2D eigenvalue weighted by Crippen LogP contribution is 2.29. The fourth-order valence-electron chi connectivity index (χ4n) is 2.71. The van der Waals surface area contributed by atoms with E-state index in [0.717, 1.165) is 11.1 Å². The van der Waals surface area contributed by atoms with Crippen LogP contribution in [0.4, 0.5) is 4.39 Å². The van der Waals surface area contributed by atoms with Crippen LogP contribution in [0, 0.1) is 5.82 Å². The minimum Gasteiger partial charge on any atom is -0.497 e. The van der Waals surface area contributed by atoms with Crippen molar-refractivity contribution in [2.75, 3.05) is 13.7 Å². The van der Waals surface area contributed by atoms with Crippen LogP contribution in [0.2, 0.25) is 0 Å². The molecule has 0 fully saturated rings. The lowest BCUT2D eigenvalue weighted by Gasteiger charge is -2.12. The van der Waals surface area contributed by atoms with Gasteiger partial charge in [0.1, 0.15) is 18.2 Å². The number of amides is 1. The van der Waals surface area contributed by atoms with E-state index < -0.39 is 0 Å². The van der Waals surface area contributed by atoms with E-state index in [2.05, 4.69) is 10.5 Å². The molecule has 31 heavy (non-hydrogen) atoms. The zero-order valence-electron chi connectivity index (χ0n) is 17.3. The molecule has 6 nitrogen and oxygen atoms in total. The number of carbonyl (C=O) groups excluding carboxylic acids is 1. The molecule has 0 atom stereocenters. The molecule has 3 rings (SSSR count). The van der Waals surface area contributed by atoms with Crippen molar-refractivity contribution in [1.82, 2.24) is 5.43 Å². The first-order valence-electron chi connectivity index (χ1n) is 9.70. The summed E-state index contributed by atoms with van der Waals surface area (Å²) in [6, 6.07) is 18.2. The number of halogens is 1. The third-order valence-corrected chi connectivity index (χ3v) is 4.31. The average molecular weight is 422 g/mol. The highest BCUT2D eigenvalue weighted by atomic mass is 19.1. The number of benzene rings is 3. The number of ether oxygens (including phenoxy) is 3. The molecule has 0 saturated heterocycles. The molecule has 0 radical (unpaired) electrons. The minimum atomic E-state index is -0.330. The maximum atomic E-state index is 13.0. The van der Waals surface area contributed by atoms with Gasteiger partial charge in [0.25, 0.3) is 5.91 Å². The molecular weight excluding hydrogens is 399 g/mol. The van der Waals surface area contributed by atoms with E-state index in [1.807, 2.05) is 6.92 Å². The van der Waals surface area contributed by atoms with Gasteiger partial charge in [0.05, 0.1) is 19.9 Å². The van der Waals surface area contributed by atoms with E-state index in [1.165, 1.54) is 18.3 Å². The zero-order chi connectivity index (χ0) is 22.1. The summed E-state index contributed by atoms with van der Waals surface area (Å²) >= 11 is 0. The lowest BCUT2D eigenvalue weighted by atomic mass is 10.2. The van der Waals surface area contributed by atoms with Crippen LogP contribution in [-0.4, -0.2) is 25.8 Å². The molecule has 0 aliphatic heterocycles. The van der Waals surface area contributed by atoms with Crippen molar-refractivity contribution in [3.63, 3.8) is 0 Å². The predicted octanol–water partition coefficient (Wildman–Crippen LogP) is 4.58. The van der Waals surface area contributed by atoms with Crippen molar-refractivity contribution in [3.05, 3.63) is 89.2 Å². The fourth-order valence-corrected chi connectivity index (χ4v) is 2.71. The Morgan fingerprint density at radius 1 is 1.00 bits per heavy atom. The average Bonchev–Trinajstić information content (AvgIpc) is 2.80. The van der Waals surface area contributed by atoms with Gasteiger partial charge in [-0.15, -0.1) is 0 Å². The van der Waals surface area contributed by atoms with Crippen molar-refractivity contribution < 1.29 is 23.4 Å². The highest BCUT2D eigenvalue weighted by Gasteiger charge is 2.08. The molecule has 1 N–H and O–H groups in total.